The third-order valence-corrected chi connectivity index (χ3v) is 6.90. The first-order valence-electron chi connectivity index (χ1n) is 10.7. The van der Waals surface area contributed by atoms with Gasteiger partial charge in [0.2, 0.25) is 0 Å². The number of fused-ring (bicyclic) bond motifs is 1. The van der Waals surface area contributed by atoms with Crippen LogP contribution in [-0.2, 0) is 10.8 Å². The van der Waals surface area contributed by atoms with Crippen LogP contribution in [0.15, 0.2) is 48.5 Å². The lowest BCUT2D eigenvalue weighted by atomic mass is 9.54. The fraction of sp³-hybridized carbons (Fsp3) is 0.481. The summed E-state index contributed by atoms with van der Waals surface area (Å²) in [4.78, 5) is 0. The van der Waals surface area contributed by atoms with Crippen molar-refractivity contribution < 1.29 is 5.11 Å². The summed E-state index contributed by atoms with van der Waals surface area (Å²) in [5, 5.41) is 11.7. The highest BCUT2D eigenvalue weighted by Gasteiger charge is 2.52. The molecule has 3 rings (SSSR count). The van der Waals surface area contributed by atoms with Crippen LogP contribution in [0.25, 0.3) is 11.6 Å². The van der Waals surface area contributed by atoms with Gasteiger partial charge in [0.25, 0.3) is 0 Å². The maximum Gasteiger partial charge on any atom is 0.0747 e. The van der Waals surface area contributed by atoms with Crippen molar-refractivity contribution in [2.24, 2.45) is 0 Å². The Balaban J connectivity index is 2.05. The summed E-state index contributed by atoms with van der Waals surface area (Å²) in [7, 11) is 0. The van der Waals surface area contributed by atoms with Crippen LogP contribution in [-0.4, -0.2) is 10.7 Å². The minimum atomic E-state index is -0.657. The molecule has 28 heavy (non-hydrogen) atoms. The third kappa shape index (κ3) is 3.70. The van der Waals surface area contributed by atoms with Crippen molar-refractivity contribution >= 4 is 11.6 Å². The van der Waals surface area contributed by atoms with Crippen molar-refractivity contribution in [2.75, 3.05) is 0 Å². The van der Waals surface area contributed by atoms with E-state index < -0.39 is 5.60 Å². The molecule has 0 bridgehead atoms. The standard InChI is InChI=1S/C27H36O/c1-7-8-16-27(28)19-25(3,4)24-18-22(14-15-23(24)26(27,5)6)20(2)17-21-12-10-9-11-13-21/h9-15,17-18,28H,7-8,16,19H2,1-6H3/b20-17+. The van der Waals surface area contributed by atoms with Gasteiger partial charge in [-0.25, -0.2) is 0 Å². The normalized spacial score (nSPS) is 23.3. The average Bonchev–Trinajstić information content (AvgIpc) is 2.65. The fourth-order valence-electron chi connectivity index (χ4n) is 4.95. The molecule has 150 valence electrons. The van der Waals surface area contributed by atoms with E-state index in [0.29, 0.717) is 0 Å². The molecule has 1 aliphatic carbocycles. The second-order valence-corrected chi connectivity index (χ2v) is 9.82. The fourth-order valence-corrected chi connectivity index (χ4v) is 4.95. The molecule has 1 heteroatoms. The van der Waals surface area contributed by atoms with E-state index in [9.17, 15) is 5.11 Å². The van der Waals surface area contributed by atoms with Crippen LogP contribution in [0.1, 0.15) is 89.5 Å². The van der Waals surface area contributed by atoms with Crippen molar-refractivity contribution in [1.29, 1.82) is 0 Å². The van der Waals surface area contributed by atoms with E-state index in [4.69, 9.17) is 0 Å². The Morgan fingerprint density at radius 3 is 2.32 bits per heavy atom. The molecule has 2 aromatic rings. The topological polar surface area (TPSA) is 20.2 Å². The molecule has 1 aliphatic rings. The minimum absolute atomic E-state index is 0.0453. The number of hydrogen-bond acceptors (Lipinski definition) is 1. The lowest BCUT2D eigenvalue weighted by Crippen LogP contribution is -2.55. The van der Waals surface area contributed by atoms with E-state index in [1.807, 2.05) is 0 Å². The Hall–Kier alpha value is -1.86. The molecule has 0 spiro atoms. The molecule has 0 fully saturated rings. The molecule has 0 radical (unpaired) electrons. The summed E-state index contributed by atoms with van der Waals surface area (Å²) in [5.41, 5.74) is 5.51. The minimum Gasteiger partial charge on any atom is -0.389 e. The highest BCUT2D eigenvalue weighted by molar-refractivity contribution is 5.80. The van der Waals surface area contributed by atoms with E-state index >= 15 is 0 Å². The summed E-state index contributed by atoms with van der Waals surface area (Å²) < 4.78 is 0. The van der Waals surface area contributed by atoms with E-state index in [1.54, 1.807) is 0 Å². The van der Waals surface area contributed by atoms with E-state index in [2.05, 4.69) is 96.1 Å². The van der Waals surface area contributed by atoms with Crippen LogP contribution >= 0.6 is 0 Å². The van der Waals surface area contributed by atoms with Gasteiger partial charge in [-0.3, -0.25) is 0 Å². The first kappa shape index (κ1) is 20.9. The number of unbranched alkanes of at least 4 members (excludes halogenated alkanes) is 1. The van der Waals surface area contributed by atoms with Gasteiger partial charge in [-0.05, 0) is 53.0 Å². The van der Waals surface area contributed by atoms with Crippen LogP contribution < -0.4 is 0 Å². The number of hydrogen-bond donors (Lipinski definition) is 1. The molecule has 0 saturated heterocycles. The number of benzene rings is 2. The first-order chi connectivity index (χ1) is 13.1. The number of aliphatic hydroxyl groups is 1. The maximum atomic E-state index is 11.7. The first-order valence-corrected chi connectivity index (χ1v) is 10.7. The van der Waals surface area contributed by atoms with Crippen molar-refractivity contribution in [1.82, 2.24) is 0 Å². The Labute approximate surface area is 171 Å². The summed E-state index contributed by atoms with van der Waals surface area (Å²) in [6.45, 7) is 13.4. The van der Waals surface area contributed by atoms with E-state index in [1.165, 1.54) is 27.8 Å². The molecule has 0 aliphatic heterocycles. The summed E-state index contributed by atoms with van der Waals surface area (Å²) in [5.74, 6) is 0. The monoisotopic (exact) mass is 376 g/mol. The Bertz CT molecular complexity index is 857. The van der Waals surface area contributed by atoms with Crippen molar-refractivity contribution in [3.05, 3.63) is 70.8 Å². The Morgan fingerprint density at radius 1 is 1.00 bits per heavy atom. The van der Waals surface area contributed by atoms with Crippen molar-refractivity contribution in [2.45, 2.75) is 83.7 Å². The predicted molar refractivity (Wildman–Crippen MR) is 122 cm³/mol. The van der Waals surface area contributed by atoms with Gasteiger partial charge >= 0.3 is 0 Å². The molecule has 2 aromatic carbocycles. The highest BCUT2D eigenvalue weighted by Crippen LogP contribution is 2.53. The second-order valence-electron chi connectivity index (χ2n) is 9.82. The van der Waals surface area contributed by atoms with Crippen LogP contribution in [0.3, 0.4) is 0 Å². The zero-order chi connectivity index (χ0) is 20.6. The largest absolute Gasteiger partial charge is 0.389 e. The zero-order valence-corrected chi connectivity index (χ0v) is 18.5. The Morgan fingerprint density at radius 2 is 1.68 bits per heavy atom. The summed E-state index contributed by atoms with van der Waals surface area (Å²) >= 11 is 0. The lowest BCUT2D eigenvalue weighted by molar-refractivity contribution is -0.0664. The van der Waals surface area contributed by atoms with Gasteiger partial charge in [-0.2, -0.15) is 0 Å². The Kier molecular flexibility index (Phi) is 5.60. The second kappa shape index (κ2) is 7.52. The molecule has 1 atom stereocenters. The molecule has 0 aromatic heterocycles. The summed E-state index contributed by atoms with van der Waals surface area (Å²) in [6.07, 6.45) is 6.12. The van der Waals surface area contributed by atoms with Gasteiger partial charge in [-0.15, -0.1) is 0 Å². The van der Waals surface area contributed by atoms with Gasteiger partial charge in [0.05, 0.1) is 5.60 Å². The zero-order valence-electron chi connectivity index (χ0n) is 18.5. The van der Waals surface area contributed by atoms with Gasteiger partial charge in [-0.1, -0.05) is 102 Å². The quantitative estimate of drug-likeness (QED) is 0.550. The van der Waals surface area contributed by atoms with E-state index in [-0.39, 0.29) is 10.8 Å². The van der Waals surface area contributed by atoms with Crippen LogP contribution in [0.2, 0.25) is 0 Å². The molecule has 0 saturated carbocycles. The summed E-state index contributed by atoms with van der Waals surface area (Å²) in [6, 6.07) is 17.4. The molecule has 1 unspecified atom stereocenters. The molecule has 1 nitrogen and oxygen atoms in total. The van der Waals surface area contributed by atoms with Gasteiger partial charge in [0.1, 0.15) is 0 Å². The van der Waals surface area contributed by atoms with Gasteiger partial charge in [0.15, 0.2) is 0 Å². The number of rotatable bonds is 5. The molecule has 0 amide bonds. The van der Waals surface area contributed by atoms with Gasteiger partial charge < -0.3 is 5.11 Å². The SMILES string of the molecule is CCCCC1(O)CC(C)(C)c2cc(/C(C)=C/c3ccccc3)ccc2C1(C)C. The van der Waals surface area contributed by atoms with Gasteiger partial charge in [0, 0.05) is 5.41 Å². The molecule has 0 heterocycles. The highest BCUT2D eigenvalue weighted by atomic mass is 16.3. The predicted octanol–water partition coefficient (Wildman–Crippen LogP) is 7.13. The molecular weight excluding hydrogens is 340 g/mol. The molecule has 1 N–H and O–H groups in total. The average molecular weight is 377 g/mol. The van der Waals surface area contributed by atoms with Crippen LogP contribution in [0.4, 0.5) is 0 Å². The number of allylic oxidation sites excluding steroid dienone is 1. The smallest absolute Gasteiger partial charge is 0.0747 e. The van der Waals surface area contributed by atoms with E-state index in [0.717, 1.165) is 25.7 Å². The third-order valence-electron chi connectivity index (χ3n) is 6.90. The van der Waals surface area contributed by atoms with Crippen molar-refractivity contribution in [3.8, 4) is 0 Å². The van der Waals surface area contributed by atoms with Crippen LogP contribution in [0, 0.1) is 0 Å². The van der Waals surface area contributed by atoms with Crippen LogP contribution in [0.5, 0.6) is 0 Å². The maximum absolute atomic E-state index is 11.7. The van der Waals surface area contributed by atoms with Crippen molar-refractivity contribution in [3.63, 3.8) is 0 Å². The molecular formula is C27H36O. The lowest BCUT2D eigenvalue weighted by Gasteiger charge is -2.53.